The van der Waals surface area contributed by atoms with Crippen LogP contribution in [0.5, 0.6) is 0 Å². The molecule has 0 saturated carbocycles. The van der Waals surface area contributed by atoms with Crippen molar-refractivity contribution in [2.75, 3.05) is 31.2 Å². The van der Waals surface area contributed by atoms with E-state index in [0.29, 0.717) is 19.2 Å². The summed E-state index contributed by atoms with van der Waals surface area (Å²) in [5, 5.41) is 4.44. The Morgan fingerprint density at radius 1 is 1.06 bits per heavy atom. The highest BCUT2D eigenvalue weighted by molar-refractivity contribution is 5.97. The molecule has 1 amide bonds. The summed E-state index contributed by atoms with van der Waals surface area (Å²) in [5.74, 6) is 0.844. The van der Waals surface area contributed by atoms with Crippen molar-refractivity contribution in [2.24, 2.45) is 5.92 Å². The second-order valence-corrected chi connectivity index (χ2v) is 9.80. The van der Waals surface area contributed by atoms with E-state index in [1.807, 2.05) is 23.2 Å². The maximum atomic E-state index is 14.1. The smallest absolute Gasteiger partial charge is 0.232 e. The SMILES string of the molecule is Cc1cc2nc(N(C(=O)C3CCNCC3)[C@@H]3CCOC3)n(-c3ccc4ncccc4c3)c2cc1C. The van der Waals surface area contributed by atoms with Crippen molar-refractivity contribution in [1.29, 1.82) is 0 Å². The van der Waals surface area contributed by atoms with E-state index < -0.39 is 0 Å². The number of carbonyl (C=O) groups is 1. The summed E-state index contributed by atoms with van der Waals surface area (Å²) in [6.45, 7) is 7.19. The number of nitrogens with zero attached hydrogens (tertiary/aromatic N) is 4. The largest absolute Gasteiger partial charge is 0.379 e. The lowest BCUT2D eigenvalue weighted by Gasteiger charge is -2.32. The zero-order valence-corrected chi connectivity index (χ0v) is 20.3. The lowest BCUT2D eigenvalue weighted by atomic mass is 9.96. The Balaban J connectivity index is 1.57. The second-order valence-electron chi connectivity index (χ2n) is 9.80. The Hall–Kier alpha value is -3.29. The van der Waals surface area contributed by atoms with Crippen LogP contribution in [0.4, 0.5) is 5.95 Å². The van der Waals surface area contributed by atoms with Gasteiger partial charge in [-0.05, 0) is 93.7 Å². The molecule has 0 bridgehead atoms. The maximum absolute atomic E-state index is 14.1. The quantitative estimate of drug-likeness (QED) is 0.482. The molecule has 2 aromatic heterocycles. The Labute approximate surface area is 205 Å². The first-order chi connectivity index (χ1) is 17.1. The van der Waals surface area contributed by atoms with E-state index >= 15 is 0 Å². The van der Waals surface area contributed by atoms with Crippen LogP contribution in [-0.2, 0) is 9.53 Å². The summed E-state index contributed by atoms with van der Waals surface area (Å²) in [7, 11) is 0. The highest BCUT2D eigenvalue weighted by Crippen LogP contribution is 2.34. The van der Waals surface area contributed by atoms with Gasteiger partial charge in [0.15, 0.2) is 0 Å². The number of rotatable bonds is 4. The number of hydrogen-bond acceptors (Lipinski definition) is 5. The summed E-state index contributed by atoms with van der Waals surface area (Å²) in [6.07, 6.45) is 4.33. The monoisotopic (exact) mass is 469 g/mol. The number of aromatic nitrogens is 3. The molecule has 0 spiro atoms. The van der Waals surface area contributed by atoms with Gasteiger partial charge in [-0.15, -0.1) is 0 Å². The molecule has 6 rings (SSSR count). The number of benzene rings is 2. The first-order valence-electron chi connectivity index (χ1n) is 12.6. The number of aryl methyl sites for hydroxylation is 2. The summed E-state index contributed by atoms with van der Waals surface area (Å²) in [6, 6.07) is 14.6. The fourth-order valence-corrected chi connectivity index (χ4v) is 5.37. The maximum Gasteiger partial charge on any atom is 0.232 e. The van der Waals surface area contributed by atoms with Crippen LogP contribution in [0.25, 0.3) is 27.6 Å². The number of carbonyl (C=O) groups excluding carboxylic acids is 1. The van der Waals surface area contributed by atoms with Gasteiger partial charge in [0.05, 0.1) is 29.2 Å². The number of nitrogens with one attached hydrogen (secondary N) is 1. The van der Waals surface area contributed by atoms with Crippen molar-refractivity contribution in [1.82, 2.24) is 19.9 Å². The third-order valence-electron chi connectivity index (χ3n) is 7.51. The number of fused-ring (bicyclic) bond motifs is 2. The lowest BCUT2D eigenvalue weighted by molar-refractivity contribution is -0.123. The van der Waals surface area contributed by atoms with Gasteiger partial charge in [0, 0.05) is 29.8 Å². The van der Waals surface area contributed by atoms with Crippen molar-refractivity contribution in [3.8, 4) is 5.69 Å². The highest BCUT2D eigenvalue weighted by atomic mass is 16.5. The number of imidazole rings is 1. The van der Waals surface area contributed by atoms with E-state index in [1.54, 1.807) is 0 Å². The fraction of sp³-hybridized carbons (Fsp3) is 0.393. The van der Waals surface area contributed by atoms with Gasteiger partial charge in [-0.25, -0.2) is 4.98 Å². The minimum atomic E-state index is -0.0164. The molecule has 2 fully saturated rings. The topological polar surface area (TPSA) is 72.3 Å². The summed E-state index contributed by atoms with van der Waals surface area (Å²) in [5.41, 5.74) is 6.23. The molecule has 7 heteroatoms. The van der Waals surface area contributed by atoms with E-state index in [-0.39, 0.29) is 17.9 Å². The molecule has 4 heterocycles. The molecule has 7 nitrogen and oxygen atoms in total. The molecule has 0 unspecified atom stereocenters. The van der Waals surface area contributed by atoms with Crippen LogP contribution in [0.2, 0.25) is 0 Å². The van der Waals surface area contributed by atoms with E-state index in [1.165, 1.54) is 11.1 Å². The van der Waals surface area contributed by atoms with Gasteiger partial charge < -0.3 is 10.1 Å². The average Bonchev–Trinajstić information content (AvgIpc) is 3.53. The van der Waals surface area contributed by atoms with Gasteiger partial charge in [0.25, 0.3) is 0 Å². The number of ether oxygens (including phenoxy) is 1. The second kappa shape index (κ2) is 9.06. The van der Waals surface area contributed by atoms with Crippen LogP contribution in [0, 0.1) is 19.8 Å². The van der Waals surface area contributed by atoms with Gasteiger partial charge in [0.2, 0.25) is 11.9 Å². The van der Waals surface area contributed by atoms with Crippen LogP contribution in [0.15, 0.2) is 48.7 Å². The lowest BCUT2D eigenvalue weighted by Crippen LogP contribution is -2.47. The zero-order chi connectivity index (χ0) is 23.9. The van der Waals surface area contributed by atoms with E-state index in [0.717, 1.165) is 60.0 Å². The third kappa shape index (κ3) is 3.98. The molecular weight excluding hydrogens is 438 g/mol. The number of piperidine rings is 1. The predicted molar refractivity (Wildman–Crippen MR) is 138 cm³/mol. The Morgan fingerprint density at radius 2 is 1.89 bits per heavy atom. The molecule has 2 aliphatic rings. The number of amides is 1. The van der Waals surface area contributed by atoms with Crippen molar-refractivity contribution in [2.45, 2.75) is 39.2 Å². The van der Waals surface area contributed by atoms with E-state index in [2.05, 4.69) is 59.0 Å². The van der Waals surface area contributed by atoms with Crippen LogP contribution < -0.4 is 10.2 Å². The molecule has 2 aliphatic heterocycles. The highest BCUT2D eigenvalue weighted by Gasteiger charge is 2.37. The summed E-state index contributed by atoms with van der Waals surface area (Å²) < 4.78 is 7.92. The van der Waals surface area contributed by atoms with Crippen molar-refractivity contribution >= 4 is 33.8 Å². The summed E-state index contributed by atoms with van der Waals surface area (Å²) >= 11 is 0. The molecule has 1 atom stereocenters. The van der Waals surface area contributed by atoms with Gasteiger partial charge in [-0.3, -0.25) is 19.2 Å². The molecule has 2 saturated heterocycles. The van der Waals surface area contributed by atoms with Gasteiger partial charge in [0.1, 0.15) is 0 Å². The van der Waals surface area contributed by atoms with Gasteiger partial charge >= 0.3 is 0 Å². The number of hydrogen-bond donors (Lipinski definition) is 1. The van der Waals surface area contributed by atoms with Gasteiger partial charge in [-0.2, -0.15) is 0 Å². The molecular formula is C28H31N5O2. The fourth-order valence-electron chi connectivity index (χ4n) is 5.37. The molecule has 1 N–H and O–H groups in total. The first-order valence-corrected chi connectivity index (χ1v) is 12.6. The normalized spacial score (nSPS) is 19.0. The van der Waals surface area contributed by atoms with Crippen LogP contribution >= 0.6 is 0 Å². The Bertz CT molecular complexity index is 1400. The van der Waals surface area contributed by atoms with Crippen molar-refractivity contribution in [3.05, 3.63) is 59.8 Å². The minimum absolute atomic E-state index is 0.00520. The molecule has 0 radical (unpaired) electrons. The van der Waals surface area contributed by atoms with Crippen LogP contribution in [-0.4, -0.2) is 52.8 Å². The zero-order valence-electron chi connectivity index (χ0n) is 20.3. The molecule has 180 valence electrons. The van der Waals surface area contributed by atoms with E-state index in [9.17, 15) is 4.79 Å². The number of pyridine rings is 1. The van der Waals surface area contributed by atoms with Gasteiger partial charge in [-0.1, -0.05) is 6.07 Å². The standard InChI is InChI=1S/C28H31N5O2/c1-18-14-25-26(15-19(18)2)32(22-5-6-24-21(16-22)4-3-10-30-24)28(31-25)33(23-9-13-35-17-23)27(34)20-7-11-29-12-8-20/h3-6,10,14-16,20,23,29H,7-9,11-13,17H2,1-2H3/t23-/m1/s1. The average molecular weight is 470 g/mol. The summed E-state index contributed by atoms with van der Waals surface area (Å²) in [4.78, 5) is 25.6. The van der Waals surface area contributed by atoms with Crippen molar-refractivity contribution in [3.63, 3.8) is 0 Å². The third-order valence-corrected chi connectivity index (χ3v) is 7.51. The van der Waals surface area contributed by atoms with E-state index in [4.69, 9.17) is 9.72 Å². The molecule has 35 heavy (non-hydrogen) atoms. The van der Waals surface area contributed by atoms with Crippen LogP contribution in [0.1, 0.15) is 30.4 Å². The molecule has 4 aromatic rings. The minimum Gasteiger partial charge on any atom is -0.379 e. The Kier molecular flexibility index (Phi) is 5.74. The first kappa shape index (κ1) is 22.2. The van der Waals surface area contributed by atoms with Crippen LogP contribution in [0.3, 0.4) is 0 Å². The number of anilines is 1. The predicted octanol–water partition coefficient (Wildman–Crippen LogP) is 4.31. The van der Waals surface area contributed by atoms with Crippen molar-refractivity contribution < 1.29 is 9.53 Å². The molecule has 0 aliphatic carbocycles. The molecule has 2 aromatic carbocycles. The Morgan fingerprint density at radius 3 is 2.69 bits per heavy atom.